The lowest BCUT2D eigenvalue weighted by molar-refractivity contribution is -0.131. The lowest BCUT2D eigenvalue weighted by Crippen LogP contribution is -2.38. The Morgan fingerprint density at radius 2 is 2.36 bits per heavy atom. The molecule has 0 fully saturated rings. The Balaban J connectivity index is 2.46. The number of aryl methyl sites for hydroxylation is 1. The summed E-state index contributed by atoms with van der Waals surface area (Å²) < 4.78 is 17.9. The average molecular weight is 200 g/mol. The van der Waals surface area contributed by atoms with E-state index in [0.717, 1.165) is 5.69 Å². The van der Waals surface area contributed by atoms with Gasteiger partial charge in [-0.05, 0) is 20.8 Å². The highest BCUT2D eigenvalue weighted by Gasteiger charge is 2.26. The first-order valence-electron chi connectivity index (χ1n) is 4.29. The molecule has 14 heavy (non-hydrogen) atoms. The molecule has 5 heteroatoms. The van der Waals surface area contributed by atoms with E-state index >= 15 is 0 Å². The van der Waals surface area contributed by atoms with E-state index in [-0.39, 0.29) is 6.54 Å². The first-order chi connectivity index (χ1) is 6.39. The number of aromatic nitrogens is 1. The van der Waals surface area contributed by atoms with Crippen molar-refractivity contribution >= 4 is 5.91 Å². The van der Waals surface area contributed by atoms with Crippen LogP contribution in [0.3, 0.4) is 0 Å². The number of halogens is 1. The molecule has 0 atom stereocenters. The molecule has 0 aliphatic carbocycles. The van der Waals surface area contributed by atoms with Gasteiger partial charge in [0.1, 0.15) is 0 Å². The van der Waals surface area contributed by atoms with Crippen molar-refractivity contribution in [2.45, 2.75) is 33.0 Å². The third-order valence-corrected chi connectivity index (χ3v) is 1.64. The van der Waals surface area contributed by atoms with E-state index in [9.17, 15) is 9.18 Å². The number of nitrogens with one attached hydrogen (secondary N) is 1. The van der Waals surface area contributed by atoms with E-state index in [1.54, 1.807) is 13.0 Å². The van der Waals surface area contributed by atoms with Crippen molar-refractivity contribution in [3.8, 4) is 0 Å². The van der Waals surface area contributed by atoms with Gasteiger partial charge < -0.3 is 9.84 Å². The number of rotatable bonds is 3. The van der Waals surface area contributed by atoms with Crippen molar-refractivity contribution in [1.29, 1.82) is 0 Å². The van der Waals surface area contributed by atoms with Crippen LogP contribution in [0.1, 0.15) is 25.3 Å². The van der Waals surface area contributed by atoms with Gasteiger partial charge in [0.2, 0.25) is 0 Å². The predicted octanol–water partition coefficient (Wildman–Crippen LogP) is 1.35. The molecule has 0 saturated heterocycles. The lowest BCUT2D eigenvalue weighted by Gasteiger charge is -2.12. The van der Waals surface area contributed by atoms with Gasteiger partial charge in [0, 0.05) is 6.07 Å². The van der Waals surface area contributed by atoms with Crippen LogP contribution in [-0.2, 0) is 11.3 Å². The zero-order valence-electron chi connectivity index (χ0n) is 8.43. The molecule has 0 saturated carbocycles. The van der Waals surface area contributed by atoms with E-state index in [2.05, 4.69) is 10.5 Å². The molecule has 1 amide bonds. The Labute approximate surface area is 81.5 Å². The van der Waals surface area contributed by atoms with Crippen molar-refractivity contribution in [3.05, 3.63) is 17.5 Å². The molecular weight excluding hydrogens is 187 g/mol. The van der Waals surface area contributed by atoms with Crippen LogP contribution in [0.25, 0.3) is 0 Å². The van der Waals surface area contributed by atoms with E-state index in [1.165, 1.54) is 13.8 Å². The minimum absolute atomic E-state index is 0.160. The molecule has 1 aromatic heterocycles. The summed E-state index contributed by atoms with van der Waals surface area (Å²) in [5.41, 5.74) is -1.14. The summed E-state index contributed by atoms with van der Waals surface area (Å²) in [4.78, 5) is 11.1. The van der Waals surface area contributed by atoms with Crippen LogP contribution in [0.15, 0.2) is 10.6 Å². The summed E-state index contributed by atoms with van der Waals surface area (Å²) >= 11 is 0. The summed E-state index contributed by atoms with van der Waals surface area (Å²) in [6.45, 7) is 4.34. The van der Waals surface area contributed by atoms with Gasteiger partial charge in [0.05, 0.1) is 12.2 Å². The fraction of sp³-hybridized carbons (Fsp3) is 0.556. The molecular formula is C9H13FN2O2. The zero-order chi connectivity index (χ0) is 10.8. The minimum Gasteiger partial charge on any atom is -0.359 e. The largest absolute Gasteiger partial charge is 0.359 e. The van der Waals surface area contributed by atoms with E-state index in [1.807, 2.05) is 0 Å². The van der Waals surface area contributed by atoms with Gasteiger partial charge in [-0.15, -0.1) is 0 Å². The molecule has 0 aliphatic heterocycles. The monoisotopic (exact) mass is 200 g/mol. The van der Waals surface area contributed by atoms with Crippen LogP contribution in [0, 0.1) is 6.92 Å². The molecule has 78 valence electrons. The molecule has 0 aliphatic rings. The molecule has 1 aromatic rings. The predicted molar refractivity (Wildman–Crippen MR) is 48.3 cm³/mol. The van der Waals surface area contributed by atoms with Crippen LogP contribution in [0.4, 0.5) is 4.39 Å². The van der Waals surface area contributed by atoms with Gasteiger partial charge in [-0.3, -0.25) is 4.79 Å². The Morgan fingerprint density at radius 3 is 2.79 bits per heavy atom. The number of amides is 1. The SMILES string of the molecule is Cc1cc(CNC(=O)C(C)(C)F)on1. The summed E-state index contributed by atoms with van der Waals surface area (Å²) in [7, 11) is 0. The lowest BCUT2D eigenvalue weighted by atomic mass is 10.1. The van der Waals surface area contributed by atoms with Crippen molar-refractivity contribution in [2.75, 3.05) is 0 Å². The molecule has 0 aromatic carbocycles. The smallest absolute Gasteiger partial charge is 0.257 e. The summed E-state index contributed by atoms with van der Waals surface area (Å²) in [6.07, 6.45) is 0. The highest BCUT2D eigenvalue weighted by Crippen LogP contribution is 2.08. The van der Waals surface area contributed by atoms with Crippen molar-refractivity contribution in [2.24, 2.45) is 0 Å². The normalized spacial score (nSPS) is 11.4. The number of nitrogens with zero attached hydrogens (tertiary/aromatic N) is 1. The maximum atomic E-state index is 13.0. The summed E-state index contributed by atoms with van der Waals surface area (Å²) in [6, 6.07) is 1.69. The molecule has 1 heterocycles. The van der Waals surface area contributed by atoms with Gasteiger partial charge >= 0.3 is 0 Å². The Morgan fingerprint density at radius 1 is 1.71 bits per heavy atom. The Bertz CT molecular complexity index is 328. The van der Waals surface area contributed by atoms with Gasteiger partial charge in [-0.1, -0.05) is 5.16 Å². The standard InChI is InChI=1S/C9H13FN2O2/c1-6-4-7(14-12-6)5-11-8(13)9(2,3)10/h4H,5H2,1-3H3,(H,11,13). The maximum Gasteiger partial charge on any atom is 0.257 e. The van der Waals surface area contributed by atoms with Crippen LogP contribution < -0.4 is 5.32 Å². The van der Waals surface area contributed by atoms with E-state index in [4.69, 9.17) is 4.52 Å². The molecule has 0 unspecified atom stereocenters. The second-order valence-corrected chi connectivity index (χ2v) is 3.59. The Hall–Kier alpha value is -1.39. The number of alkyl halides is 1. The van der Waals surface area contributed by atoms with Crippen LogP contribution in [-0.4, -0.2) is 16.7 Å². The van der Waals surface area contributed by atoms with Gasteiger partial charge in [-0.25, -0.2) is 4.39 Å². The number of hydrogen-bond donors (Lipinski definition) is 1. The van der Waals surface area contributed by atoms with Crippen molar-refractivity contribution in [1.82, 2.24) is 10.5 Å². The molecule has 1 rings (SSSR count). The molecule has 1 N–H and O–H groups in total. The van der Waals surface area contributed by atoms with Gasteiger partial charge in [0.15, 0.2) is 11.4 Å². The number of carbonyl (C=O) groups is 1. The third-order valence-electron chi connectivity index (χ3n) is 1.64. The average Bonchev–Trinajstić information content (AvgIpc) is 2.45. The summed E-state index contributed by atoms with van der Waals surface area (Å²) in [5, 5.41) is 6.04. The van der Waals surface area contributed by atoms with Crippen LogP contribution in [0.2, 0.25) is 0 Å². The first-order valence-corrected chi connectivity index (χ1v) is 4.29. The highest BCUT2D eigenvalue weighted by molar-refractivity contribution is 5.83. The quantitative estimate of drug-likeness (QED) is 0.801. The van der Waals surface area contributed by atoms with Gasteiger partial charge in [0.25, 0.3) is 5.91 Å². The summed E-state index contributed by atoms with van der Waals surface area (Å²) in [5.74, 6) is -0.147. The molecule has 4 nitrogen and oxygen atoms in total. The fourth-order valence-electron chi connectivity index (χ4n) is 0.877. The van der Waals surface area contributed by atoms with E-state index < -0.39 is 11.6 Å². The molecule has 0 bridgehead atoms. The number of carbonyl (C=O) groups excluding carboxylic acids is 1. The van der Waals surface area contributed by atoms with Crippen molar-refractivity contribution in [3.63, 3.8) is 0 Å². The molecule has 0 radical (unpaired) electrons. The van der Waals surface area contributed by atoms with Gasteiger partial charge in [-0.2, -0.15) is 0 Å². The third kappa shape index (κ3) is 2.83. The molecule has 0 spiro atoms. The van der Waals surface area contributed by atoms with Crippen molar-refractivity contribution < 1.29 is 13.7 Å². The maximum absolute atomic E-state index is 13.0. The van der Waals surface area contributed by atoms with E-state index in [0.29, 0.717) is 5.76 Å². The second-order valence-electron chi connectivity index (χ2n) is 3.59. The second kappa shape index (κ2) is 3.77. The van der Waals surface area contributed by atoms with Crippen LogP contribution in [0.5, 0.6) is 0 Å². The highest BCUT2D eigenvalue weighted by atomic mass is 19.1. The first kappa shape index (κ1) is 10.7. The zero-order valence-corrected chi connectivity index (χ0v) is 8.43. The Kier molecular flexibility index (Phi) is 2.88. The minimum atomic E-state index is -1.87. The number of hydrogen-bond acceptors (Lipinski definition) is 3. The topological polar surface area (TPSA) is 55.1 Å². The van der Waals surface area contributed by atoms with Crippen LogP contribution >= 0.6 is 0 Å². The fourth-order valence-corrected chi connectivity index (χ4v) is 0.877.